The van der Waals surface area contributed by atoms with Crippen molar-refractivity contribution in [2.24, 2.45) is 5.73 Å². The van der Waals surface area contributed by atoms with Crippen LogP contribution >= 0.6 is 0 Å². The molecular formula is C14H23N. The minimum absolute atomic E-state index is 0.618. The first-order valence-corrected chi connectivity index (χ1v) is 5.62. The van der Waals surface area contributed by atoms with E-state index in [-0.39, 0.29) is 0 Å². The van der Waals surface area contributed by atoms with Crippen LogP contribution in [-0.4, -0.2) is 0 Å². The zero-order valence-electron chi connectivity index (χ0n) is 10.6. The lowest BCUT2D eigenvalue weighted by Crippen LogP contribution is -2.03. The highest BCUT2D eigenvalue weighted by molar-refractivity contribution is 5.59. The Hall–Kier alpha value is -1.08. The number of allylic oxidation sites excluding steroid dienone is 1. The van der Waals surface area contributed by atoms with Crippen molar-refractivity contribution in [3.05, 3.63) is 40.5 Å². The third-order valence-electron chi connectivity index (χ3n) is 2.35. The van der Waals surface area contributed by atoms with E-state index in [1.54, 1.807) is 0 Å². The molecule has 0 aliphatic rings. The van der Waals surface area contributed by atoms with E-state index in [1.807, 2.05) is 20.8 Å². The molecule has 1 aromatic rings. The van der Waals surface area contributed by atoms with Crippen molar-refractivity contribution in [2.45, 2.75) is 41.2 Å². The summed E-state index contributed by atoms with van der Waals surface area (Å²) in [6, 6.07) is 4.27. The van der Waals surface area contributed by atoms with Gasteiger partial charge in [0.1, 0.15) is 0 Å². The summed E-state index contributed by atoms with van der Waals surface area (Å²) in [5, 5.41) is 0. The second kappa shape index (κ2) is 7.24. The van der Waals surface area contributed by atoms with Gasteiger partial charge >= 0.3 is 0 Å². The van der Waals surface area contributed by atoms with E-state index in [2.05, 4.69) is 38.1 Å². The normalized spacial score (nSPS) is 10.0. The third kappa shape index (κ3) is 3.52. The highest BCUT2D eigenvalue weighted by Crippen LogP contribution is 2.19. The largest absolute Gasteiger partial charge is 0.326 e. The Bertz CT molecular complexity index is 324. The molecule has 0 atom stereocenters. The Morgan fingerprint density at radius 3 is 2.13 bits per heavy atom. The van der Waals surface area contributed by atoms with Gasteiger partial charge in [0.15, 0.2) is 0 Å². The summed E-state index contributed by atoms with van der Waals surface area (Å²) in [4.78, 5) is 0. The van der Waals surface area contributed by atoms with Gasteiger partial charge in [-0.15, -0.1) is 0 Å². The maximum atomic E-state index is 5.72. The van der Waals surface area contributed by atoms with Gasteiger partial charge in [0.05, 0.1) is 0 Å². The van der Waals surface area contributed by atoms with E-state index in [0.717, 1.165) is 0 Å². The van der Waals surface area contributed by atoms with E-state index in [9.17, 15) is 0 Å². The molecule has 0 aliphatic carbocycles. The smallest absolute Gasteiger partial charge is 0.0186 e. The van der Waals surface area contributed by atoms with Crippen molar-refractivity contribution < 1.29 is 0 Å². The maximum absolute atomic E-state index is 5.72. The summed E-state index contributed by atoms with van der Waals surface area (Å²) < 4.78 is 0. The van der Waals surface area contributed by atoms with Crippen LogP contribution in [0.15, 0.2) is 18.2 Å². The molecule has 1 aromatic carbocycles. The van der Waals surface area contributed by atoms with Crippen LogP contribution in [0, 0.1) is 13.8 Å². The standard InChI is InChI=1S/C12H17N.C2H6/c1-4-5-11-9(2)6-7-10(3)12(11)8-13;1-2/h4-7H,8,13H2,1-3H3;1-2H3/b5-4-;. The molecule has 0 heterocycles. The molecule has 0 unspecified atom stereocenters. The van der Waals surface area contributed by atoms with Gasteiger partial charge in [-0.1, -0.05) is 38.1 Å². The van der Waals surface area contributed by atoms with Crippen molar-refractivity contribution in [3.8, 4) is 0 Å². The van der Waals surface area contributed by atoms with Crippen molar-refractivity contribution in [1.82, 2.24) is 0 Å². The summed E-state index contributed by atoms with van der Waals surface area (Å²) in [5.41, 5.74) is 10.8. The van der Waals surface area contributed by atoms with Crippen LogP contribution in [-0.2, 0) is 6.54 Å². The molecule has 0 fully saturated rings. The van der Waals surface area contributed by atoms with Gasteiger partial charge in [-0.05, 0) is 43.0 Å². The maximum Gasteiger partial charge on any atom is 0.0186 e. The predicted molar refractivity (Wildman–Crippen MR) is 69.9 cm³/mol. The molecule has 0 aromatic heterocycles. The van der Waals surface area contributed by atoms with Crippen LogP contribution in [0.5, 0.6) is 0 Å². The lowest BCUT2D eigenvalue weighted by Gasteiger charge is -2.10. The zero-order chi connectivity index (χ0) is 11.8. The molecule has 2 N–H and O–H groups in total. The van der Waals surface area contributed by atoms with Crippen LogP contribution in [0.1, 0.15) is 43.0 Å². The van der Waals surface area contributed by atoms with Gasteiger partial charge in [0.2, 0.25) is 0 Å². The SMILES string of the molecule is C/C=C\c1c(C)ccc(C)c1CN.CC. The minimum Gasteiger partial charge on any atom is -0.326 e. The van der Waals surface area contributed by atoms with Crippen LogP contribution in [0.25, 0.3) is 6.08 Å². The number of hydrogen-bond acceptors (Lipinski definition) is 1. The first kappa shape index (κ1) is 13.9. The fraction of sp³-hybridized carbons (Fsp3) is 0.429. The van der Waals surface area contributed by atoms with E-state index in [0.29, 0.717) is 6.54 Å². The van der Waals surface area contributed by atoms with Gasteiger partial charge in [-0.2, -0.15) is 0 Å². The Morgan fingerprint density at radius 1 is 1.13 bits per heavy atom. The number of rotatable bonds is 2. The molecule has 1 heteroatoms. The fourth-order valence-corrected chi connectivity index (χ4v) is 1.56. The lowest BCUT2D eigenvalue weighted by atomic mass is 9.97. The number of benzene rings is 1. The average Bonchev–Trinajstić information content (AvgIpc) is 2.27. The second-order valence-corrected chi connectivity index (χ2v) is 3.30. The zero-order valence-corrected chi connectivity index (χ0v) is 10.6. The summed E-state index contributed by atoms with van der Waals surface area (Å²) >= 11 is 0. The third-order valence-corrected chi connectivity index (χ3v) is 2.35. The summed E-state index contributed by atoms with van der Waals surface area (Å²) in [6.45, 7) is 10.9. The van der Waals surface area contributed by atoms with Crippen molar-refractivity contribution in [3.63, 3.8) is 0 Å². The molecule has 0 radical (unpaired) electrons. The lowest BCUT2D eigenvalue weighted by molar-refractivity contribution is 1.04. The van der Waals surface area contributed by atoms with Crippen molar-refractivity contribution in [2.75, 3.05) is 0 Å². The quantitative estimate of drug-likeness (QED) is 0.780. The summed E-state index contributed by atoms with van der Waals surface area (Å²) in [6.07, 6.45) is 4.19. The van der Waals surface area contributed by atoms with Crippen molar-refractivity contribution >= 4 is 6.08 Å². The van der Waals surface area contributed by atoms with E-state index < -0.39 is 0 Å². The molecule has 1 nitrogen and oxygen atoms in total. The molecule has 15 heavy (non-hydrogen) atoms. The molecular weight excluding hydrogens is 182 g/mol. The van der Waals surface area contributed by atoms with Gasteiger partial charge < -0.3 is 5.73 Å². The van der Waals surface area contributed by atoms with Crippen LogP contribution in [0.3, 0.4) is 0 Å². The first-order chi connectivity index (χ1) is 7.20. The van der Waals surface area contributed by atoms with Crippen LogP contribution in [0.2, 0.25) is 0 Å². The van der Waals surface area contributed by atoms with E-state index in [1.165, 1.54) is 22.3 Å². The molecule has 0 bridgehead atoms. The molecule has 0 saturated heterocycles. The van der Waals surface area contributed by atoms with Crippen molar-refractivity contribution in [1.29, 1.82) is 0 Å². The molecule has 1 rings (SSSR count). The average molecular weight is 205 g/mol. The monoisotopic (exact) mass is 205 g/mol. The summed E-state index contributed by atoms with van der Waals surface area (Å²) in [7, 11) is 0. The van der Waals surface area contributed by atoms with Crippen LogP contribution in [0.4, 0.5) is 0 Å². The Labute approximate surface area is 94.0 Å². The second-order valence-electron chi connectivity index (χ2n) is 3.30. The fourth-order valence-electron chi connectivity index (χ4n) is 1.56. The summed E-state index contributed by atoms with van der Waals surface area (Å²) in [5.74, 6) is 0. The van der Waals surface area contributed by atoms with Gasteiger partial charge in [0, 0.05) is 6.54 Å². The van der Waals surface area contributed by atoms with E-state index >= 15 is 0 Å². The Morgan fingerprint density at radius 2 is 1.67 bits per heavy atom. The molecule has 0 amide bonds. The Balaban J connectivity index is 0.000000921. The molecule has 84 valence electrons. The van der Waals surface area contributed by atoms with Gasteiger partial charge in [-0.25, -0.2) is 0 Å². The van der Waals surface area contributed by atoms with Gasteiger partial charge in [-0.3, -0.25) is 0 Å². The highest BCUT2D eigenvalue weighted by atomic mass is 14.5. The number of aryl methyl sites for hydroxylation is 2. The Kier molecular flexibility index (Phi) is 6.72. The molecule has 0 saturated carbocycles. The molecule has 0 aliphatic heterocycles. The predicted octanol–water partition coefficient (Wildman–Crippen LogP) is 3.82. The topological polar surface area (TPSA) is 26.0 Å². The van der Waals surface area contributed by atoms with Gasteiger partial charge in [0.25, 0.3) is 0 Å². The highest BCUT2D eigenvalue weighted by Gasteiger charge is 2.03. The van der Waals surface area contributed by atoms with Crippen LogP contribution < -0.4 is 5.73 Å². The van der Waals surface area contributed by atoms with E-state index in [4.69, 9.17) is 5.73 Å². The molecule has 0 spiro atoms. The number of hydrogen-bond donors (Lipinski definition) is 1. The number of nitrogens with two attached hydrogens (primary N) is 1. The minimum atomic E-state index is 0.618. The first-order valence-electron chi connectivity index (χ1n) is 5.62.